The van der Waals surface area contributed by atoms with E-state index in [1.54, 1.807) is 0 Å². The lowest BCUT2D eigenvalue weighted by atomic mass is 10.1. The van der Waals surface area contributed by atoms with Gasteiger partial charge in [0.05, 0.1) is 17.9 Å². The summed E-state index contributed by atoms with van der Waals surface area (Å²) in [5, 5.41) is 0. The summed E-state index contributed by atoms with van der Waals surface area (Å²) in [5.41, 5.74) is 7.64. The number of nitrogens with zero attached hydrogens (tertiary/aromatic N) is 2. The lowest BCUT2D eigenvalue weighted by molar-refractivity contribution is -0.0277. The lowest BCUT2D eigenvalue weighted by Gasteiger charge is -2.39. The number of morpholine rings is 1. The van der Waals surface area contributed by atoms with Crippen molar-refractivity contribution in [3.05, 3.63) is 24.0 Å². The monoisotopic (exact) mass is 221 g/mol. The molecule has 2 heterocycles. The van der Waals surface area contributed by atoms with Crippen LogP contribution in [0.25, 0.3) is 0 Å². The number of hydrogen-bond donors (Lipinski definition) is 1. The first-order chi connectivity index (χ1) is 7.61. The van der Waals surface area contributed by atoms with Gasteiger partial charge in [0.15, 0.2) is 0 Å². The second-order valence-corrected chi connectivity index (χ2v) is 4.74. The van der Waals surface area contributed by atoms with E-state index in [-0.39, 0.29) is 5.60 Å². The Kier molecular flexibility index (Phi) is 3.12. The van der Waals surface area contributed by atoms with Gasteiger partial charge in [0, 0.05) is 31.5 Å². The summed E-state index contributed by atoms with van der Waals surface area (Å²) in [6, 6.07) is 4.09. The molecule has 0 bridgehead atoms. The first-order valence-electron chi connectivity index (χ1n) is 5.65. The van der Waals surface area contributed by atoms with Crippen LogP contribution in [0.3, 0.4) is 0 Å². The SMILES string of the molecule is CC1(C)CN(c2ccnc(CN)c2)CCO1. The summed E-state index contributed by atoms with van der Waals surface area (Å²) in [7, 11) is 0. The summed E-state index contributed by atoms with van der Waals surface area (Å²) in [6.07, 6.45) is 1.82. The molecule has 1 fully saturated rings. The normalized spacial score (nSPS) is 19.8. The second kappa shape index (κ2) is 4.39. The number of pyridine rings is 1. The molecular weight excluding hydrogens is 202 g/mol. The molecule has 0 radical (unpaired) electrons. The van der Waals surface area contributed by atoms with Crippen molar-refractivity contribution in [2.75, 3.05) is 24.6 Å². The molecule has 88 valence electrons. The molecule has 1 aromatic rings. The summed E-state index contributed by atoms with van der Waals surface area (Å²) in [6.45, 7) is 7.32. The van der Waals surface area contributed by atoms with Crippen LogP contribution in [-0.2, 0) is 11.3 Å². The number of nitrogens with two attached hydrogens (primary N) is 1. The van der Waals surface area contributed by atoms with Gasteiger partial charge in [-0.05, 0) is 26.0 Å². The van der Waals surface area contributed by atoms with Gasteiger partial charge in [0.1, 0.15) is 0 Å². The molecule has 16 heavy (non-hydrogen) atoms. The molecule has 0 spiro atoms. The third kappa shape index (κ3) is 2.51. The van der Waals surface area contributed by atoms with Crippen LogP contribution in [0.1, 0.15) is 19.5 Å². The maximum absolute atomic E-state index is 5.69. The predicted octanol–water partition coefficient (Wildman–Crippen LogP) is 1.16. The molecule has 0 unspecified atom stereocenters. The molecule has 1 saturated heterocycles. The number of rotatable bonds is 2. The first kappa shape index (κ1) is 11.4. The standard InChI is InChI=1S/C12H19N3O/c1-12(2)9-15(5-6-16-12)11-3-4-14-10(7-11)8-13/h3-4,7H,5-6,8-9,13H2,1-2H3. The summed E-state index contributed by atoms with van der Waals surface area (Å²) < 4.78 is 5.69. The fourth-order valence-electron chi connectivity index (χ4n) is 2.01. The summed E-state index contributed by atoms with van der Waals surface area (Å²) >= 11 is 0. The van der Waals surface area contributed by atoms with Crippen molar-refractivity contribution in [1.82, 2.24) is 4.98 Å². The number of ether oxygens (including phenoxy) is 1. The Hall–Kier alpha value is -1.13. The molecule has 0 amide bonds. The van der Waals surface area contributed by atoms with Crippen molar-refractivity contribution in [3.63, 3.8) is 0 Å². The van der Waals surface area contributed by atoms with Gasteiger partial charge in [0.25, 0.3) is 0 Å². The third-order valence-electron chi connectivity index (χ3n) is 2.80. The molecular formula is C12H19N3O. The van der Waals surface area contributed by atoms with E-state index < -0.39 is 0 Å². The Morgan fingerprint density at radius 3 is 3.06 bits per heavy atom. The highest BCUT2D eigenvalue weighted by Crippen LogP contribution is 2.22. The Bertz CT molecular complexity index is 365. The molecule has 0 atom stereocenters. The van der Waals surface area contributed by atoms with Crippen LogP contribution in [-0.4, -0.2) is 30.3 Å². The van der Waals surface area contributed by atoms with Gasteiger partial charge >= 0.3 is 0 Å². The minimum atomic E-state index is -0.0790. The van der Waals surface area contributed by atoms with Gasteiger partial charge < -0.3 is 15.4 Å². The van der Waals surface area contributed by atoms with Gasteiger partial charge in [-0.15, -0.1) is 0 Å². The highest BCUT2D eigenvalue weighted by molar-refractivity contribution is 5.47. The Balaban J connectivity index is 2.16. The smallest absolute Gasteiger partial charge is 0.0801 e. The van der Waals surface area contributed by atoms with E-state index in [2.05, 4.69) is 29.8 Å². The Morgan fingerprint density at radius 2 is 2.38 bits per heavy atom. The molecule has 1 aliphatic rings. The molecule has 2 rings (SSSR count). The average Bonchev–Trinajstić information content (AvgIpc) is 2.28. The number of hydrogen-bond acceptors (Lipinski definition) is 4. The number of anilines is 1. The summed E-state index contributed by atoms with van der Waals surface area (Å²) in [4.78, 5) is 6.53. The van der Waals surface area contributed by atoms with Crippen molar-refractivity contribution in [2.24, 2.45) is 5.73 Å². The molecule has 4 nitrogen and oxygen atoms in total. The zero-order valence-corrected chi connectivity index (χ0v) is 9.94. The van der Waals surface area contributed by atoms with E-state index in [1.165, 1.54) is 5.69 Å². The van der Waals surface area contributed by atoms with Crippen LogP contribution in [0, 0.1) is 0 Å². The molecule has 0 aromatic carbocycles. The predicted molar refractivity (Wildman–Crippen MR) is 64.4 cm³/mol. The Labute approximate surface area is 96.4 Å². The van der Waals surface area contributed by atoms with Crippen LogP contribution in [0.4, 0.5) is 5.69 Å². The van der Waals surface area contributed by atoms with E-state index in [9.17, 15) is 0 Å². The lowest BCUT2D eigenvalue weighted by Crippen LogP contribution is -2.48. The minimum Gasteiger partial charge on any atom is -0.372 e. The van der Waals surface area contributed by atoms with E-state index >= 15 is 0 Å². The van der Waals surface area contributed by atoms with Crippen molar-refractivity contribution in [1.29, 1.82) is 0 Å². The molecule has 0 saturated carbocycles. The first-order valence-corrected chi connectivity index (χ1v) is 5.65. The second-order valence-electron chi connectivity index (χ2n) is 4.74. The van der Waals surface area contributed by atoms with Crippen molar-refractivity contribution in [3.8, 4) is 0 Å². The fourth-order valence-corrected chi connectivity index (χ4v) is 2.01. The van der Waals surface area contributed by atoms with Crippen molar-refractivity contribution < 1.29 is 4.74 Å². The van der Waals surface area contributed by atoms with Crippen LogP contribution < -0.4 is 10.6 Å². The fraction of sp³-hybridized carbons (Fsp3) is 0.583. The highest BCUT2D eigenvalue weighted by atomic mass is 16.5. The maximum atomic E-state index is 5.69. The minimum absolute atomic E-state index is 0.0790. The number of aromatic nitrogens is 1. The molecule has 1 aromatic heterocycles. The van der Waals surface area contributed by atoms with E-state index in [0.29, 0.717) is 6.54 Å². The zero-order valence-electron chi connectivity index (χ0n) is 9.94. The van der Waals surface area contributed by atoms with Gasteiger partial charge in [-0.3, -0.25) is 4.98 Å². The summed E-state index contributed by atoms with van der Waals surface area (Å²) in [5.74, 6) is 0. The Morgan fingerprint density at radius 1 is 1.56 bits per heavy atom. The zero-order chi connectivity index (χ0) is 11.6. The van der Waals surface area contributed by atoms with Crippen LogP contribution in [0.5, 0.6) is 0 Å². The van der Waals surface area contributed by atoms with Crippen molar-refractivity contribution >= 4 is 5.69 Å². The van der Waals surface area contributed by atoms with Gasteiger partial charge in [-0.25, -0.2) is 0 Å². The molecule has 2 N–H and O–H groups in total. The van der Waals surface area contributed by atoms with Crippen LogP contribution in [0.2, 0.25) is 0 Å². The maximum Gasteiger partial charge on any atom is 0.0801 e. The molecule has 0 aliphatic carbocycles. The molecule has 4 heteroatoms. The quantitative estimate of drug-likeness (QED) is 0.814. The van der Waals surface area contributed by atoms with E-state index in [4.69, 9.17) is 10.5 Å². The van der Waals surface area contributed by atoms with Gasteiger partial charge in [-0.2, -0.15) is 0 Å². The van der Waals surface area contributed by atoms with E-state index in [0.717, 1.165) is 25.4 Å². The van der Waals surface area contributed by atoms with Gasteiger partial charge in [0.2, 0.25) is 0 Å². The third-order valence-corrected chi connectivity index (χ3v) is 2.80. The topological polar surface area (TPSA) is 51.4 Å². The van der Waals surface area contributed by atoms with Crippen LogP contribution >= 0.6 is 0 Å². The largest absolute Gasteiger partial charge is 0.372 e. The average molecular weight is 221 g/mol. The van der Waals surface area contributed by atoms with Crippen molar-refractivity contribution in [2.45, 2.75) is 26.0 Å². The van der Waals surface area contributed by atoms with Gasteiger partial charge in [-0.1, -0.05) is 0 Å². The van der Waals surface area contributed by atoms with Crippen LogP contribution in [0.15, 0.2) is 18.3 Å². The van der Waals surface area contributed by atoms with E-state index in [1.807, 2.05) is 12.3 Å². The molecule has 1 aliphatic heterocycles. The highest BCUT2D eigenvalue weighted by Gasteiger charge is 2.27.